The van der Waals surface area contributed by atoms with Crippen LogP contribution in [0.2, 0.25) is 10.0 Å². The predicted octanol–water partition coefficient (Wildman–Crippen LogP) is 5.28. The van der Waals surface area contributed by atoms with Gasteiger partial charge in [0.1, 0.15) is 11.6 Å². The lowest BCUT2D eigenvalue weighted by Crippen LogP contribution is -2.00. The van der Waals surface area contributed by atoms with Gasteiger partial charge in [0.2, 0.25) is 5.95 Å². The van der Waals surface area contributed by atoms with Crippen LogP contribution in [0.15, 0.2) is 54.7 Å². The van der Waals surface area contributed by atoms with Gasteiger partial charge in [0, 0.05) is 16.9 Å². The number of methoxy groups -OCH3 is 1. The Hall–Kier alpha value is -2.50. The van der Waals surface area contributed by atoms with E-state index in [0.717, 1.165) is 17.1 Å². The molecule has 1 heterocycles. The number of nitrogens with one attached hydrogen (secondary N) is 2. The monoisotopic (exact) mass is 360 g/mol. The molecule has 7 heteroatoms. The molecule has 5 nitrogen and oxygen atoms in total. The zero-order valence-corrected chi connectivity index (χ0v) is 14.3. The Kier molecular flexibility index (Phi) is 5.03. The van der Waals surface area contributed by atoms with Gasteiger partial charge >= 0.3 is 0 Å². The Morgan fingerprint density at radius 1 is 0.958 bits per heavy atom. The van der Waals surface area contributed by atoms with E-state index in [0.29, 0.717) is 21.8 Å². The Morgan fingerprint density at radius 2 is 1.75 bits per heavy atom. The van der Waals surface area contributed by atoms with Gasteiger partial charge in [0.25, 0.3) is 0 Å². The van der Waals surface area contributed by atoms with E-state index in [1.807, 2.05) is 24.3 Å². The van der Waals surface area contributed by atoms with Crippen LogP contribution in [-0.2, 0) is 0 Å². The van der Waals surface area contributed by atoms with Crippen molar-refractivity contribution in [3.05, 3.63) is 64.8 Å². The number of ether oxygens (including phenoxy) is 1. The summed E-state index contributed by atoms with van der Waals surface area (Å²) in [5, 5.41) is 7.37. The molecule has 3 rings (SSSR count). The van der Waals surface area contributed by atoms with Crippen LogP contribution in [0.1, 0.15) is 0 Å². The topological polar surface area (TPSA) is 59.1 Å². The molecule has 0 unspecified atom stereocenters. The smallest absolute Gasteiger partial charge is 0.229 e. The fourth-order valence-electron chi connectivity index (χ4n) is 2.02. The highest BCUT2D eigenvalue weighted by Crippen LogP contribution is 2.28. The first kappa shape index (κ1) is 16.4. The van der Waals surface area contributed by atoms with Gasteiger partial charge in [-0.2, -0.15) is 4.98 Å². The third-order valence-corrected chi connectivity index (χ3v) is 3.74. The summed E-state index contributed by atoms with van der Waals surface area (Å²) in [6.45, 7) is 0. The van der Waals surface area contributed by atoms with Crippen LogP contribution < -0.4 is 15.4 Å². The number of hydrogen-bond acceptors (Lipinski definition) is 5. The van der Waals surface area contributed by atoms with Gasteiger partial charge in [0.15, 0.2) is 0 Å². The maximum absolute atomic E-state index is 6.16. The van der Waals surface area contributed by atoms with Gasteiger partial charge in [-0.25, -0.2) is 4.98 Å². The molecule has 2 N–H and O–H groups in total. The second-order valence-corrected chi connectivity index (χ2v) is 5.71. The predicted molar refractivity (Wildman–Crippen MR) is 98.1 cm³/mol. The van der Waals surface area contributed by atoms with Gasteiger partial charge in [-0.3, -0.25) is 0 Å². The van der Waals surface area contributed by atoms with Gasteiger partial charge in [0.05, 0.1) is 17.8 Å². The molecule has 0 amide bonds. The Bertz CT molecular complexity index is 840. The summed E-state index contributed by atoms with van der Waals surface area (Å²) in [5.74, 6) is 1.87. The summed E-state index contributed by atoms with van der Waals surface area (Å²) < 4.78 is 5.13. The third-order valence-electron chi connectivity index (χ3n) is 3.20. The molecule has 0 saturated heterocycles. The van der Waals surface area contributed by atoms with Crippen LogP contribution >= 0.6 is 23.2 Å². The molecular weight excluding hydrogens is 347 g/mol. The summed E-state index contributed by atoms with van der Waals surface area (Å²) in [6.07, 6.45) is 1.66. The standard InChI is InChI=1S/C17H14Cl2N4O/c1-24-13-5-3-12(4-6-13)21-17-20-9-8-16(23-17)22-15-7-2-11(18)10-14(15)19/h2-10H,1H3,(H2,20,21,22,23). The number of halogens is 2. The van der Waals surface area contributed by atoms with E-state index in [1.54, 1.807) is 37.6 Å². The molecule has 0 fully saturated rings. The van der Waals surface area contributed by atoms with Crippen molar-refractivity contribution in [2.75, 3.05) is 17.7 Å². The van der Waals surface area contributed by atoms with Crippen molar-refractivity contribution in [2.45, 2.75) is 0 Å². The molecule has 0 spiro atoms. The maximum atomic E-state index is 6.16. The lowest BCUT2D eigenvalue weighted by molar-refractivity contribution is 0.415. The first-order valence-electron chi connectivity index (χ1n) is 7.10. The summed E-state index contributed by atoms with van der Waals surface area (Å²) in [5.41, 5.74) is 1.58. The number of nitrogens with zero attached hydrogens (tertiary/aromatic N) is 2. The Labute approximate surface area is 149 Å². The second kappa shape index (κ2) is 7.38. The summed E-state index contributed by atoms with van der Waals surface area (Å²) in [7, 11) is 1.63. The zero-order chi connectivity index (χ0) is 16.9. The number of aromatic nitrogens is 2. The number of rotatable bonds is 5. The van der Waals surface area contributed by atoms with E-state index < -0.39 is 0 Å². The molecular formula is C17H14Cl2N4O. The fraction of sp³-hybridized carbons (Fsp3) is 0.0588. The third kappa shape index (κ3) is 4.07. The molecule has 3 aromatic rings. The van der Waals surface area contributed by atoms with Crippen LogP contribution in [0.3, 0.4) is 0 Å². The molecule has 0 saturated carbocycles. The van der Waals surface area contributed by atoms with Crippen LogP contribution in [-0.4, -0.2) is 17.1 Å². The number of hydrogen-bond donors (Lipinski definition) is 2. The minimum absolute atomic E-state index is 0.468. The fourth-order valence-corrected chi connectivity index (χ4v) is 2.48. The van der Waals surface area contributed by atoms with Crippen molar-refractivity contribution < 1.29 is 4.74 Å². The van der Waals surface area contributed by atoms with Crippen LogP contribution in [0.4, 0.5) is 23.1 Å². The molecule has 0 atom stereocenters. The molecule has 122 valence electrons. The summed E-state index contributed by atoms with van der Waals surface area (Å²) in [6, 6.07) is 14.5. The molecule has 0 bridgehead atoms. The van der Waals surface area contributed by atoms with E-state index in [2.05, 4.69) is 20.6 Å². The molecule has 1 aromatic heterocycles. The van der Waals surface area contributed by atoms with Crippen molar-refractivity contribution in [1.29, 1.82) is 0 Å². The van der Waals surface area contributed by atoms with Gasteiger partial charge < -0.3 is 15.4 Å². The first-order valence-corrected chi connectivity index (χ1v) is 7.86. The Morgan fingerprint density at radius 3 is 2.46 bits per heavy atom. The SMILES string of the molecule is COc1ccc(Nc2nccc(Nc3ccc(Cl)cc3Cl)n2)cc1. The first-order chi connectivity index (χ1) is 11.6. The quantitative estimate of drug-likeness (QED) is 0.648. The lowest BCUT2D eigenvalue weighted by Gasteiger charge is -2.10. The van der Waals surface area contributed by atoms with Crippen molar-refractivity contribution in [3.63, 3.8) is 0 Å². The summed E-state index contributed by atoms with van der Waals surface area (Å²) in [4.78, 5) is 8.62. The van der Waals surface area contributed by atoms with E-state index in [-0.39, 0.29) is 0 Å². The van der Waals surface area contributed by atoms with Crippen LogP contribution in [0.25, 0.3) is 0 Å². The Balaban J connectivity index is 1.75. The minimum Gasteiger partial charge on any atom is -0.497 e. The second-order valence-electron chi connectivity index (χ2n) is 4.87. The van der Waals surface area contributed by atoms with E-state index >= 15 is 0 Å². The molecule has 0 radical (unpaired) electrons. The lowest BCUT2D eigenvalue weighted by atomic mass is 10.3. The van der Waals surface area contributed by atoms with Crippen LogP contribution in [0, 0.1) is 0 Å². The molecule has 0 aliphatic carbocycles. The molecule has 0 aliphatic heterocycles. The maximum Gasteiger partial charge on any atom is 0.229 e. The van der Waals surface area contributed by atoms with Crippen molar-refractivity contribution >= 4 is 46.3 Å². The van der Waals surface area contributed by atoms with E-state index in [1.165, 1.54) is 0 Å². The van der Waals surface area contributed by atoms with Crippen LogP contribution in [0.5, 0.6) is 5.75 Å². The van der Waals surface area contributed by atoms with E-state index in [4.69, 9.17) is 27.9 Å². The van der Waals surface area contributed by atoms with Gasteiger partial charge in [-0.15, -0.1) is 0 Å². The van der Waals surface area contributed by atoms with Crippen molar-refractivity contribution in [1.82, 2.24) is 9.97 Å². The highest BCUT2D eigenvalue weighted by molar-refractivity contribution is 6.36. The largest absolute Gasteiger partial charge is 0.497 e. The number of anilines is 4. The summed E-state index contributed by atoms with van der Waals surface area (Å²) >= 11 is 12.1. The number of benzene rings is 2. The minimum atomic E-state index is 0.468. The van der Waals surface area contributed by atoms with E-state index in [9.17, 15) is 0 Å². The molecule has 0 aliphatic rings. The average Bonchev–Trinajstić information content (AvgIpc) is 2.58. The highest BCUT2D eigenvalue weighted by atomic mass is 35.5. The average molecular weight is 361 g/mol. The van der Waals surface area contributed by atoms with Gasteiger partial charge in [-0.1, -0.05) is 23.2 Å². The van der Waals surface area contributed by atoms with Gasteiger partial charge in [-0.05, 0) is 48.5 Å². The zero-order valence-electron chi connectivity index (χ0n) is 12.8. The molecule has 24 heavy (non-hydrogen) atoms. The highest BCUT2D eigenvalue weighted by Gasteiger charge is 2.05. The van der Waals surface area contributed by atoms with Crippen molar-refractivity contribution in [2.24, 2.45) is 0 Å². The normalized spacial score (nSPS) is 10.3. The van der Waals surface area contributed by atoms with Crippen molar-refractivity contribution in [3.8, 4) is 5.75 Å². The molecule has 2 aromatic carbocycles.